The van der Waals surface area contributed by atoms with Crippen LogP contribution in [0.5, 0.6) is 11.5 Å². The van der Waals surface area contributed by atoms with Crippen LogP contribution in [0.4, 0.5) is 0 Å². The Kier molecular flexibility index (Phi) is 2.07. The maximum Gasteiger partial charge on any atom is 0.259 e. The number of hydrogen-bond acceptors (Lipinski definition) is 3. The number of nitrogens with one attached hydrogen (secondary N) is 1. The lowest BCUT2D eigenvalue weighted by molar-refractivity contribution is 0.0930. The fraction of sp³-hybridized carbons (Fsp3) is 0.364. The Hall–Kier alpha value is -1.71. The Morgan fingerprint density at radius 3 is 2.33 bits per heavy atom. The van der Waals surface area contributed by atoms with Gasteiger partial charge in [0.1, 0.15) is 17.1 Å². The zero-order chi connectivity index (χ0) is 11.1. The largest absolute Gasteiger partial charge is 0.507 e. The molecule has 4 heteroatoms. The summed E-state index contributed by atoms with van der Waals surface area (Å²) in [7, 11) is 0. The molecule has 0 radical (unpaired) electrons. The lowest BCUT2D eigenvalue weighted by Crippen LogP contribution is -2.34. The molecule has 1 fully saturated rings. The molecule has 0 atom stereocenters. The average Bonchev–Trinajstić information content (AvgIpc) is 2.82. The summed E-state index contributed by atoms with van der Waals surface area (Å²) in [5.74, 6) is -0.820. The molecule has 0 heterocycles. The van der Waals surface area contributed by atoms with Crippen LogP contribution in [0.3, 0.4) is 0 Å². The Morgan fingerprint density at radius 1 is 1.33 bits per heavy atom. The number of rotatable bonds is 2. The minimum atomic E-state index is -0.425. The average molecular weight is 207 g/mol. The molecule has 2 rings (SSSR count). The monoisotopic (exact) mass is 207 g/mol. The van der Waals surface area contributed by atoms with Crippen molar-refractivity contribution in [1.29, 1.82) is 0 Å². The Morgan fingerprint density at radius 2 is 1.87 bits per heavy atom. The van der Waals surface area contributed by atoms with Crippen molar-refractivity contribution < 1.29 is 15.0 Å². The van der Waals surface area contributed by atoms with Gasteiger partial charge in [0.05, 0.1) is 0 Å². The minimum absolute atomic E-state index is 0.0503. The molecule has 1 amide bonds. The highest BCUT2D eigenvalue weighted by molar-refractivity contribution is 6.00. The quantitative estimate of drug-likeness (QED) is 0.686. The summed E-state index contributed by atoms with van der Waals surface area (Å²) in [6, 6.07) is 4.24. The van der Waals surface area contributed by atoms with Crippen molar-refractivity contribution in [3.63, 3.8) is 0 Å². The molecule has 0 aliphatic heterocycles. The second-order valence-electron chi connectivity index (χ2n) is 4.19. The molecule has 4 nitrogen and oxygen atoms in total. The summed E-state index contributed by atoms with van der Waals surface area (Å²) >= 11 is 0. The van der Waals surface area contributed by atoms with E-state index in [-0.39, 0.29) is 22.6 Å². The van der Waals surface area contributed by atoms with Crippen LogP contribution in [0, 0.1) is 0 Å². The highest BCUT2D eigenvalue weighted by atomic mass is 16.3. The lowest BCUT2D eigenvalue weighted by Gasteiger charge is -2.12. The van der Waals surface area contributed by atoms with Gasteiger partial charge in [-0.15, -0.1) is 0 Å². The van der Waals surface area contributed by atoms with Gasteiger partial charge in [-0.1, -0.05) is 6.07 Å². The second-order valence-corrected chi connectivity index (χ2v) is 4.19. The van der Waals surface area contributed by atoms with Gasteiger partial charge in [-0.05, 0) is 31.9 Å². The Labute approximate surface area is 87.6 Å². The van der Waals surface area contributed by atoms with Gasteiger partial charge >= 0.3 is 0 Å². The molecule has 1 aliphatic rings. The molecule has 15 heavy (non-hydrogen) atoms. The highest BCUT2D eigenvalue weighted by Gasteiger charge is 2.39. The van der Waals surface area contributed by atoms with Crippen molar-refractivity contribution >= 4 is 5.91 Å². The fourth-order valence-corrected chi connectivity index (χ4v) is 1.41. The van der Waals surface area contributed by atoms with Gasteiger partial charge in [0.15, 0.2) is 0 Å². The molecule has 0 saturated heterocycles. The van der Waals surface area contributed by atoms with Crippen LogP contribution in [0.2, 0.25) is 0 Å². The highest BCUT2D eigenvalue weighted by Crippen LogP contribution is 2.36. The van der Waals surface area contributed by atoms with E-state index in [2.05, 4.69) is 5.32 Å². The van der Waals surface area contributed by atoms with E-state index in [0.29, 0.717) is 0 Å². The molecule has 3 N–H and O–H groups in total. The van der Waals surface area contributed by atoms with Gasteiger partial charge in [-0.25, -0.2) is 0 Å². The predicted molar refractivity (Wildman–Crippen MR) is 54.9 cm³/mol. The smallest absolute Gasteiger partial charge is 0.259 e. The predicted octanol–water partition coefficient (Wildman–Crippen LogP) is 1.38. The normalized spacial score (nSPS) is 17.1. The van der Waals surface area contributed by atoms with Gasteiger partial charge in [-0.2, -0.15) is 0 Å². The van der Waals surface area contributed by atoms with Crippen LogP contribution >= 0.6 is 0 Å². The first kappa shape index (κ1) is 9.83. The number of carbonyl (C=O) groups excluding carboxylic acids is 1. The van der Waals surface area contributed by atoms with Gasteiger partial charge in [0.25, 0.3) is 5.91 Å². The number of hydrogen-bond donors (Lipinski definition) is 3. The molecular formula is C11H13NO3. The summed E-state index contributed by atoms with van der Waals surface area (Å²) in [5, 5.41) is 21.7. The number of phenols is 2. The topological polar surface area (TPSA) is 69.6 Å². The van der Waals surface area contributed by atoms with Crippen LogP contribution < -0.4 is 5.32 Å². The molecule has 80 valence electrons. The lowest BCUT2D eigenvalue weighted by atomic mass is 10.1. The van der Waals surface area contributed by atoms with Gasteiger partial charge in [0, 0.05) is 5.54 Å². The molecule has 0 aromatic heterocycles. The van der Waals surface area contributed by atoms with Crippen molar-refractivity contribution in [1.82, 2.24) is 5.32 Å². The fourth-order valence-electron chi connectivity index (χ4n) is 1.41. The zero-order valence-corrected chi connectivity index (χ0v) is 8.45. The van der Waals surface area contributed by atoms with E-state index in [1.807, 2.05) is 6.92 Å². The summed E-state index contributed by atoms with van der Waals surface area (Å²) in [4.78, 5) is 11.7. The van der Waals surface area contributed by atoms with Crippen molar-refractivity contribution in [3.8, 4) is 11.5 Å². The first-order chi connectivity index (χ1) is 7.02. The van der Waals surface area contributed by atoms with E-state index < -0.39 is 5.91 Å². The SMILES string of the molecule is CC1(NC(=O)c2c(O)cccc2O)CC1. The van der Waals surface area contributed by atoms with Crippen LogP contribution in [-0.2, 0) is 0 Å². The Bertz CT molecular complexity index is 390. The van der Waals surface area contributed by atoms with Crippen molar-refractivity contribution in [2.45, 2.75) is 25.3 Å². The maximum atomic E-state index is 11.7. The molecule has 0 bridgehead atoms. The standard InChI is InChI=1S/C11H13NO3/c1-11(5-6-11)12-10(15)9-7(13)3-2-4-8(9)14/h2-4,13-14H,5-6H2,1H3,(H,12,15). The van der Waals surface area contributed by atoms with Crippen molar-refractivity contribution in [3.05, 3.63) is 23.8 Å². The molecule has 1 aliphatic carbocycles. The van der Waals surface area contributed by atoms with Crippen LogP contribution in [0.25, 0.3) is 0 Å². The van der Waals surface area contributed by atoms with Crippen molar-refractivity contribution in [2.24, 2.45) is 0 Å². The van der Waals surface area contributed by atoms with Crippen LogP contribution in [-0.4, -0.2) is 21.7 Å². The molecule has 1 aromatic carbocycles. The number of carbonyl (C=O) groups is 1. The molecule has 0 unspecified atom stereocenters. The van der Waals surface area contributed by atoms with E-state index in [4.69, 9.17) is 0 Å². The van der Waals surface area contributed by atoms with Crippen LogP contribution in [0.1, 0.15) is 30.1 Å². The molecule has 1 saturated carbocycles. The second kappa shape index (κ2) is 3.15. The summed E-state index contributed by atoms with van der Waals surface area (Å²) in [5.41, 5.74) is -0.211. The van der Waals surface area contributed by atoms with Gasteiger partial charge < -0.3 is 15.5 Å². The zero-order valence-electron chi connectivity index (χ0n) is 8.45. The summed E-state index contributed by atoms with van der Waals surface area (Å²) in [6.45, 7) is 1.93. The minimum Gasteiger partial charge on any atom is -0.507 e. The van der Waals surface area contributed by atoms with E-state index in [1.165, 1.54) is 18.2 Å². The van der Waals surface area contributed by atoms with E-state index in [9.17, 15) is 15.0 Å². The van der Waals surface area contributed by atoms with Gasteiger partial charge in [0.2, 0.25) is 0 Å². The van der Waals surface area contributed by atoms with Crippen LogP contribution in [0.15, 0.2) is 18.2 Å². The number of benzene rings is 1. The van der Waals surface area contributed by atoms with Gasteiger partial charge in [-0.3, -0.25) is 4.79 Å². The molecular weight excluding hydrogens is 194 g/mol. The number of amides is 1. The van der Waals surface area contributed by atoms with Crippen molar-refractivity contribution in [2.75, 3.05) is 0 Å². The third kappa shape index (κ3) is 1.88. The van der Waals surface area contributed by atoms with E-state index in [1.54, 1.807) is 0 Å². The number of phenolic OH excluding ortho intramolecular Hbond substituents is 2. The maximum absolute atomic E-state index is 11.7. The summed E-state index contributed by atoms with van der Waals surface area (Å²) in [6.07, 6.45) is 1.88. The number of aromatic hydroxyl groups is 2. The molecule has 0 spiro atoms. The van der Waals surface area contributed by atoms with E-state index >= 15 is 0 Å². The Balaban J connectivity index is 2.25. The third-order valence-corrected chi connectivity index (χ3v) is 2.66. The first-order valence-corrected chi connectivity index (χ1v) is 4.85. The molecule has 1 aromatic rings. The first-order valence-electron chi connectivity index (χ1n) is 4.85. The van der Waals surface area contributed by atoms with E-state index in [0.717, 1.165) is 12.8 Å². The summed E-state index contributed by atoms with van der Waals surface area (Å²) < 4.78 is 0. The third-order valence-electron chi connectivity index (χ3n) is 2.66.